The van der Waals surface area contributed by atoms with Gasteiger partial charge in [0.15, 0.2) is 10.5 Å². The van der Waals surface area contributed by atoms with Crippen LogP contribution in [0, 0.1) is 0 Å². The molecule has 1 fully saturated rings. The highest BCUT2D eigenvalue weighted by Gasteiger charge is 2.21. The van der Waals surface area contributed by atoms with Gasteiger partial charge >= 0.3 is 0 Å². The molecule has 0 radical (unpaired) electrons. The van der Waals surface area contributed by atoms with Gasteiger partial charge < -0.3 is 18.6 Å². The maximum Gasteiger partial charge on any atom is 0.207 e. The van der Waals surface area contributed by atoms with Crippen LogP contribution in [0.2, 0.25) is 6.04 Å². The first-order valence-corrected chi connectivity index (χ1v) is 6.68. The molecule has 1 aliphatic rings. The highest BCUT2D eigenvalue weighted by molar-refractivity contribution is 6.27. The number of hydrogen-bond acceptors (Lipinski definition) is 4. The van der Waals surface area contributed by atoms with E-state index >= 15 is 0 Å². The van der Waals surface area contributed by atoms with Gasteiger partial charge in [0.1, 0.15) is 6.10 Å². The minimum absolute atomic E-state index is 0.392. The topological polar surface area (TPSA) is 40.2 Å². The monoisotopic (exact) mass is 208 g/mol. The molecule has 72 valence electrons. The summed E-state index contributed by atoms with van der Waals surface area (Å²) in [5.74, 6) is 0. The molecule has 6 heteroatoms. The van der Waals surface area contributed by atoms with Crippen molar-refractivity contribution in [1.82, 2.24) is 0 Å². The van der Waals surface area contributed by atoms with Crippen molar-refractivity contribution in [3.63, 3.8) is 0 Å². The standard InChI is InChI=1S/C6H16O4Si2/c11-9-10-12-3-1-2-7-4-6-5-8-6/h6H,1-5,12H2,11H3. The van der Waals surface area contributed by atoms with Crippen LogP contribution in [0.3, 0.4) is 0 Å². The highest BCUT2D eigenvalue weighted by Crippen LogP contribution is 2.08. The van der Waals surface area contributed by atoms with E-state index in [1.165, 1.54) is 0 Å². The Bertz CT molecular complexity index is 110. The van der Waals surface area contributed by atoms with Crippen molar-refractivity contribution >= 4 is 20.2 Å². The Hall–Kier alpha value is 0.274. The van der Waals surface area contributed by atoms with Gasteiger partial charge in [0, 0.05) is 6.61 Å². The quantitative estimate of drug-likeness (QED) is 0.160. The zero-order valence-corrected chi connectivity index (χ0v) is 10.9. The average Bonchev–Trinajstić information content (AvgIpc) is 2.87. The van der Waals surface area contributed by atoms with Gasteiger partial charge in [-0.2, -0.15) is 0 Å². The summed E-state index contributed by atoms with van der Waals surface area (Å²) in [7, 11) is 0.260. The van der Waals surface area contributed by atoms with Gasteiger partial charge in [0.25, 0.3) is 0 Å². The molecular formula is C6H16O4Si2. The van der Waals surface area contributed by atoms with Crippen LogP contribution in [-0.2, 0) is 18.6 Å². The minimum atomic E-state index is -0.419. The van der Waals surface area contributed by atoms with E-state index in [9.17, 15) is 0 Å². The molecule has 0 aromatic heterocycles. The fourth-order valence-corrected chi connectivity index (χ4v) is 2.02. The van der Waals surface area contributed by atoms with E-state index in [-0.39, 0.29) is 0 Å². The first kappa shape index (κ1) is 10.4. The summed E-state index contributed by atoms with van der Waals surface area (Å²) in [5.41, 5.74) is 0. The van der Waals surface area contributed by atoms with Crippen molar-refractivity contribution in [3.8, 4) is 0 Å². The minimum Gasteiger partial charge on any atom is -0.379 e. The second-order valence-electron chi connectivity index (χ2n) is 2.73. The fourth-order valence-electron chi connectivity index (χ4n) is 0.827. The van der Waals surface area contributed by atoms with E-state index in [1.54, 1.807) is 0 Å². The first-order chi connectivity index (χ1) is 5.93. The molecule has 1 aliphatic heterocycles. The molecule has 1 unspecified atom stereocenters. The summed E-state index contributed by atoms with van der Waals surface area (Å²) in [6.45, 7) is 2.48. The van der Waals surface area contributed by atoms with Gasteiger partial charge in [-0.25, -0.2) is 0 Å². The molecular weight excluding hydrogens is 192 g/mol. The lowest BCUT2D eigenvalue weighted by Gasteiger charge is -2.01. The van der Waals surface area contributed by atoms with Crippen molar-refractivity contribution in [2.24, 2.45) is 0 Å². The lowest BCUT2D eigenvalue weighted by Crippen LogP contribution is -2.04. The van der Waals surface area contributed by atoms with Crippen molar-refractivity contribution in [1.29, 1.82) is 0 Å². The van der Waals surface area contributed by atoms with Crippen LogP contribution >= 0.6 is 0 Å². The third-order valence-electron chi connectivity index (χ3n) is 1.59. The van der Waals surface area contributed by atoms with Gasteiger partial charge in [-0.15, -0.1) is 0 Å². The van der Waals surface area contributed by atoms with Gasteiger partial charge in [-0.1, -0.05) is 0 Å². The lowest BCUT2D eigenvalue weighted by atomic mass is 10.5. The molecule has 0 bridgehead atoms. The van der Waals surface area contributed by atoms with Gasteiger partial charge in [-0.3, -0.25) is 0 Å². The van der Waals surface area contributed by atoms with Crippen molar-refractivity contribution < 1.29 is 18.6 Å². The molecule has 0 saturated carbocycles. The lowest BCUT2D eigenvalue weighted by molar-refractivity contribution is -0.0927. The zero-order chi connectivity index (χ0) is 8.65. The van der Waals surface area contributed by atoms with E-state index < -0.39 is 9.76 Å². The van der Waals surface area contributed by atoms with Crippen LogP contribution in [0.5, 0.6) is 0 Å². The second-order valence-corrected chi connectivity index (χ2v) is 4.41. The van der Waals surface area contributed by atoms with Gasteiger partial charge in [0.2, 0.25) is 9.76 Å². The third-order valence-corrected chi connectivity index (χ3v) is 3.49. The van der Waals surface area contributed by atoms with Crippen LogP contribution in [-0.4, -0.2) is 46.2 Å². The molecule has 12 heavy (non-hydrogen) atoms. The molecule has 1 rings (SSSR count). The summed E-state index contributed by atoms with van der Waals surface area (Å²) in [4.78, 5) is 0. The molecule has 0 aromatic rings. The van der Waals surface area contributed by atoms with Crippen LogP contribution in [0.4, 0.5) is 0 Å². The summed E-state index contributed by atoms with van der Waals surface area (Å²) in [6.07, 6.45) is 1.48. The largest absolute Gasteiger partial charge is 0.379 e. The van der Waals surface area contributed by atoms with Crippen LogP contribution < -0.4 is 0 Å². The molecule has 0 amide bonds. The Morgan fingerprint density at radius 1 is 1.58 bits per heavy atom. The number of hydrogen-bond donors (Lipinski definition) is 0. The molecule has 1 atom stereocenters. The Morgan fingerprint density at radius 3 is 3.08 bits per heavy atom. The number of epoxide rings is 1. The second kappa shape index (κ2) is 6.75. The average molecular weight is 208 g/mol. The van der Waals surface area contributed by atoms with Crippen LogP contribution in [0.25, 0.3) is 0 Å². The smallest absolute Gasteiger partial charge is 0.207 e. The van der Waals surface area contributed by atoms with E-state index in [2.05, 4.69) is 4.58 Å². The molecule has 0 N–H and O–H groups in total. The zero-order valence-electron chi connectivity index (χ0n) is 7.45. The van der Waals surface area contributed by atoms with Crippen molar-refractivity contribution in [2.45, 2.75) is 18.6 Å². The highest BCUT2D eigenvalue weighted by atomic mass is 28.2. The molecule has 1 saturated heterocycles. The van der Waals surface area contributed by atoms with Crippen LogP contribution in [0.15, 0.2) is 0 Å². The van der Waals surface area contributed by atoms with E-state index in [0.29, 0.717) is 16.6 Å². The van der Waals surface area contributed by atoms with Crippen molar-refractivity contribution in [2.75, 3.05) is 19.8 Å². The Kier molecular flexibility index (Phi) is 5.83. The molecule has 0 aliphatic carbocycles. The Labute approximate surface area is 77.9 Å². The predicted molar refractivity (Wildman–Crippen MR) is 50.6 cm³/mol. The summed E-state index contributed by atoms with van der Waals surface area (Å²) >= 11 is 0. The predicted octanol–water partition coefficient (Wildman–Crippen LogP) is -1.48. The summed E-state index contributed by atoms with van der Waals surface area (Å²) in [6, 6.07) is 1.13. The number of rotatable bonds is 8. The van der Waals surface area contributed by atoms with E-state index in [1.807, 2.05) is 0 Å². The van der Waals surface area contributed by atoms with E-state index in [4.69, 9.17) is 14.1 Å². The third kappa shape index (κ3) is 5.87. The fraction of sp³-hybridized carbons (Fsp3) is 1.00. The first-order valence-electron chi connectivity index (χ1n) is 4.28. The number of ether oxygens (including phenoxy) is 2. The molecule has 0 aromatic carbocycles. The van der Waals surface area contributed by atoms with Crippen LogP contribution in [0.1, 0.15) is 6.42 Å². The maximum atomic E-state index is 5.35. The maximum absolute atomic E-state index is 5.35. The molecule has 0 spiro atoms. The Balaban J connectivity index is 1.65. The van der Waals surface area contributed by atoms with E-state index in [0.717, 1.165) is 32.3 Å². The molecule has 4 nitrogen and oxygen atoms in total. The summed E-state index contributed by atoms with van der Waals surface area (Å²) < 4.78 is 19.9. The SMILES string of the molecule is [SiH3]OO[SiH2]CCCOCC1CO1. The van der Waals surface area contributed by atoms with Gasteiger partial charge in [-0.05, 0) is 12.5 Å². The van der Waals surface area contributed by atoms with Gasteiger partial charge in [0.05, 0.1) is 13.2 Å². The normalized spacial score (nSPS) is 22.5. The Morgan fingerprint density at radius 2 is 2.42 bits per heavy atom. The molecule has 1 heterocycles. The summed E-state index contributed by atoms with van der Waals surface area (Å²) in [5, 5.41) is 0. The van der Waals surface area contributed by atoms with Crippen molar-refractivity contribution in [3.05, 3.63) is 0 Å².